The molecule has 1 heterocycles. The van der Waals surface area contributed by atoms with E-state index in [0.29, 0.717) is 17.0 Å². The van der Waals surface area contributed by atoms with Gasteiger partial charge in [0.15, 0.2) is 5.11 Å². The molecule has 3 rings (SSSR count). The van der Waals surface area contributed by atoms with Crippen LogP contribution in [-0.2, 0) is 14.4 Å². The molecule has 0 aliphatic carbocycles. The first-order chi connectivity index (χ1) is 14.3. The van der Waals surface area contributed by atoms with Crippen LogP contribution in [0.5, 0.6) is 11.5 Å². The third-order valence-electron chi connectivity index (χ3n) is 4.04. The van der Waals surface area contributed by atoms with E-state index in [-0.39, 0.29) is 21.5 Å². The fourth-order valence-corrected chi connectivity index (χ4v) is 3.18. The first-order valence-electron chi connectivity index (χ1n) is 8.48. The van der Waals surface area contributed by atoms with Gasteiger partial charge in [-0.2, -0.15) is 0 Å². The Balaban J connectivity index is 1.90. The van der Waals surface area contributed by atoms with Crippen molar-refractivity contribution in [3.05, 3.63) is 58.6 Å². The van der Waals surface area contributed by atoms with Gasteiger partial charge < -0.3 is 19.4 Å². The molecule has 0 atom stereocenters. The highest BCUT2D eigenvalue weighted by Crippen LogP contribution is 2.28. The molecule has 2 aromatic rings. The van der Waals surface area contributed by atoms with E-state index in [2.05, 4.69) is 5.32 Å². The third kappa shape index (κ3) is 4.58. The molecule has 0 spiro atoms. The fraction of sp³-hybridized carbons (Fsp3) is 0.100. The number of amides is 2. The quantitative estimate of drug-likeness (QED) is 0.405. The SMILES string of the molecule is COc1ccc(N2C(=O)/C(=C/c3ccc(OCC(=O)[O-])c(Cl)c3)C(=O)NC2=S)cc1. The van der Waals surface area contributed by atoms with Crippen molar-refractivity contribution in [2.24, 2.45) is 0 Å². The summed E-state index contributed by atoms with van der Waals surface area (Å²) in [4.78, 5) is 37.0. The number of halogens is 1. The van der Waals surface area contributed by atoms with Crippen LogP contribution in [0.15, 0.2) is 48.0 Å². The molecule has 0 saturated carbocycles. The Morgan fingerprint density at radius 3 is 2.53 bits per heavy atom. The zero-order chi connectivity index (χ0) is 21.8. The normalized spacial score (nSPS) is 15.2. The zero-order valence-electron chi connectivity index (χ0n) is 15.5. The maximum Gasteiger partial charge on any atom is 0.270 e. The van der Waals surface area contributed by atoms with E-state index in [1.54, 1.807) is 24.3 Å². The van der Waals surface area contributed by atoms with Gasteiger partial charge in [-0.15, -0.1) is 0 Å². The van der Waals surface area contributed by atoms with E-state index >= 15 is 0 Å². The predicted octanol–water partition coefficient (Wildman–Crippen LogP) is 1.31. The van der Waals surface area contributed by atoms with Crippen molar-refractivity contribution in [1.29, 1.82) is 0 Å². The lowest BCUT2D eigenvalue weighted by molar-refractivity contribution is -0.307. The first kappa shape index (κ1) is 21.3. The Kier molecular flexibility index (Phi) is 6.34. The minimum absolute atomic E-state index is 0.0450. The van der Waals surface area contributed by atoms with E-state index in [4.69, 9.17) is 33.3 Å². The smallest absolute Gasteiger partial charge is 0.270 e. The lowest BCUT2D eigenvalue weighted by atomic mass is 10.1. The van der Waals surface area contributed by atoms with Gasteiger partial charge in [0.25, 0.3) is 11.8 Å². The molecule has 30 heavy (non-hydrogen) atoms. The van der Waals surface area contributed by atoms with Crippen molar-refractivity contribution in [2.75, 3.05) is 18.6 Å². The molecule has 154 valence electrons. The average Bonchev–Trinajstić information content (AvgIpc) is 2.70. The number of aliphatic carboxylic acids is 1. The van der Waals surface area contributed by atoms with Gasteiger partial charge >= 0.3 is 0 Å². The largest absolute Gasteiger partial charge is 0.546 e. The van der Waals surface area contributed by atoms with Crippen LogP contribution in [0.4, 0.5) is 5.69 Å². The number of carbonyl (C=O) groups is 3. The number of carboxylic acid groups (broad SMARTS) is 1. The van der Waals surface area contributed by atoms with Gasteiger partial charge in [0.1, 0.15) is 23.7 Å². The molecule has 0 bridgehead atoms. The summed E-state index contributed by atoms with van der Waals surface area (Å²) in [6.45, 7) is -0.657. The van der Waals surface area contributed by atoms with E-state index in [9.17, 15) is 19.5 Å². The number of ether oxygens (including phenoxy) is 2. The third-order valence-corrected chi connectivity index (χ3v) is 4.62. The molecular weight excluding hydrogens is 432 g/mol. The van der Waals surface area contributed by atoms with Gasteiger partial charge in [0, 0.05) is 0 Å². The number of benzene rings is 2. The number of methoxy groups -OCH3 is 1. The summed E-state index contributed by atoms with van der Waals surface area (Å²) in [6, 6.07) is 11.0. The van der Waals surface area contributed by atoms with Crippen molar-refractivity contribution < 1.29 is 29.0 Å². The number of nitrogens with one attached hydrogen (secondary N) is 1. The van der Waals surface area contributed by atoms with Crippen molar-refractivity contribution >= 4 is 58.5 Å². The Hall–Kier alpha value is -3.43. The van der Waals surface area contributed by atoms with Gasteiger partial charge in [-0.1, -0.05) is 17.7 Å². The molecule has 2 amide bonds. The van der Waals surface area contributed by atoms with Crippen LogP contribution in [0.3, 0.4) is 0 Å². The molecule has 0 aromatic heterocycles. The highest BCUT2D eigenvalue weighted by molar-refractivity contribution is 7.80. The predicted molar refractivity (Wildman–Crippen MR) is 111 cm³/mol. The summed E-state index contributed by atoms with van der Waals surface area (Å²) < 4.78 is 10.1. The molecule has 1 aliphatic heterocycles. The molecule has 0 unspecified atom stereocenters. The van der Waals surface area contributed by atoms with Crippen LogP contribution < -0.4 is 24.8 Å². The van der Waals surface area contributed by atoms with Crippen molar-refractivity contribution in [2.45, 2.75) is 0 Å². The molecule has 8 nitrogen and oxygen atoms in total. The zero-order valence-corrected chi connectivity index (χ0v) is 17.1. The molecule has 1 aliphatic rings. The number of carbonyl (C=O) groups excluding carboxylic acids is 3. The molecule has 1 N–H and O–H groups in total. The van der Waals surface area contributed by atoms with E-state index in [1.165, 1.54) is 36.3 Å². The summed E-state index contributed by atoms with van der Waals surface area (Å²) in [5.74, 6) is -1.92. The average molecular weight is 446 g/mol. The van der Waals surface area contributed by atoms with Crippen LogP contribution in [0.25, 0.3) is 6.08 Å². The number of carboxylic acids is 1. The van der Waals surface area contributed by atoms with Gasteiger partial charge in [-0.25, -0.2) is 0 Å². The molecule has 1 saturated heterocycles. The number of nitrogens with zero attached hydrogens (tertiary/aromatic N) is 1. The Morgan fingerprint density at radius 1 is 1.23 bits per heavy atom. The second-order valence-electron chi connectivity index (χ2n) is 6.01. The summed E-state index contributed by atoms with van der Waals surface area (Å²) >= 11 is 11.2. The highest BCUT2D eigenvalue weighted by Gasteiger charge is 2.34. The number of thiocarbonyl (C=S) groups is 1. The molecule has 2 aromatic carbocycles. The van der Waals surface area contributed by atoms with Crippen molar-refractivity contribution in [3.63, 3.8) is 0 Å². The number of anilines is 1. The number of hydrogen-bond donors (Lipinski definition) is 1. The number of hydrogen-bond acceptors (Lipinski definition) is 7. The molecule has 10 heteroatoms. The standard InChI is InChI=1S/C20H15ClN2O6S/c1-28-13-5-3-12(4-6-13)23-19(27)14(18(26)22-20(23)30)8-11-2-7-16(15(21)9-11)29-10-17(24)25/h2-9H,10H2,1H3,(H,24,25)(H,22,26,30)/p-1/b14-8+. The molecular formula is C20H14ClN2O6S-. The maximum absolute atomic E-state index is 13.0. The van der Waals surface area contributed by atoms with E-state index in [1.807, 2.05) is 0 Å². The summed E-state index contributed by atoms with van der Waals surface area (Å²) in [5, 5.41) is 13.1. The van der Waals surface area contributed by atoms with Crippen LogP contribution in [0, 0.1) is 0 Å². The van der Waals surface area contributed by atoms with Crippen LogP contribution in [0.1, 0.15) is 5.56 Å². The second kappa shape index (κ2) is 8.93. The molecule has 0 radical (unpaired) electrons. The topological polar surface area (TPSA) is 108 Å². The Morgan fingerprint density at radius 2 is 1.93 bits per heavy atom. The van der Waals surface area contributed by atoms with Crippen LogP contribution >= 0.6 is 23.8 Å². The lowest BCUT2D eigenvalue weighted by Crippen LogP contribution is -2.54. The first-order valence-corrected chi connectivity index (χ1v) is 9.26. The van der Waals surface area contributed by atoms with Gasteiger partial charge in [-0.3, -0.25) is 19.8 Å². The highest BCUT2D eigenvalue weighted by atomic mass is 35.5. The van der Waals surface area contributed by atoms with Gasteiger partial charge in [-0.05, 0) is 60.3 Å². The fourth-order valence-electron chi connectivity index (χ4n) is 2.65. The summed E-state index contributed by atoms with van der Waals surface area (Å²) in [6.07, 6.45) is 1.35. The molecule has 1 fully saturated rings. The lowest BCUT2D eigenvalue weighted by Gasteiger charge is -2.29. The minimum atomic E-state index is -1.39. The van der Waals surface area contributed by atoms with Crippen LogP contribution in [-0.4, -0.2) is 36.6 Å². The second-order valence-corrected chi connectivity index (χ2v) is 6.80. The Labute approximate surface area is 181 Å². The monoisotopic (exact) mass is 445 g/mol. The summed E-state index contributed by atoms with van der Waals surface area (Å²) in [7, 11) is 1.52. The van der Waals surface area contributed by atoms with Gasteiger partial charge in [0.05, 0.1) is 23.8 Å². The van der Waals surface area contributed by atoms with Crippen LogP contribution in [0.2, 0.25) is 5.02 Å². The maximum atomic E-state index is 13.0. The Bertz CT molecular complexity index is 1070. The van der Waals surface area contributed by atoms with E-state index in [0.717, 1.165) is 0 Å². The number of rotatable bonds is 6. The van der Waals surface area contributed by atoms with Crippen molar-refractivity contribution in [1.82, 2.24) is 5.32 Å². The minimum Gasteiger partial charge on any atom is -0.546 e. The van der Waals surface area contributed by atoms with Gasteiger partial charge in [0.2, 0.25) is 0 Å². The van der Waals surface area contributed by atoms with E-state index < -0.39 is 24.4 Å². The summed E-state index contributed by atoms with van der Waals surface area (Å²) in [5.41, 5.74) is 0.737. The van der Waals surface area contributed by atoms with Crippen molar-refractivity contribution in [3.8, 4) is 11.5 Å².